The van der Waals surface area contributed by atoms with E-state index in [1.165, 1.54) is 37.0 Å². The molecule has 1 aromatic carbocycles. The Hall–Kier alpha value is -3.00. The summed E-state index contributed by atoms with van der Waals surface area (Å²) in [6.45, 7) is 3.25. The molecule has 1 aliphatic rings. The summed E-state index contributed by atoms with van der Waals surface area (Å²) >= 11 is 1.72. The molecule has 0 radical (unpaired) electrons. The minimum atomic E-state index is -0.356. The summed E-state index contributed by atoms with van der Waals surface area (Å²) in [6, 6.07) is 13.8. The molecule has 2 heterocycles. The standard InChI is InChI=1S/C27H36N6OS/c1-3-28-27-31-24(18-25(32-27)33-15-7-8-16-33)30-23(17-20-9-5-4-6-10-20)26(34)29-19-21-11-13-22(35-2)14-12-21/h7-8,11-16,18,20,23H,3-6,9-10,17,19H2,1-2H3,(H,29,34)(H2,28,30,31,32)/t23-/m1/s1. The van der Waals surface area contributed by atoms with Gasteiger partial charge < -0.3 is 20.5 Å². The van der Waals surface area contributed by atoms with Crippen LogP contribution in [0.2, 0.25) is 0 Å². The molecule has 2 aromatic heterocycles. The average molecular weight is 493 g/mol. The fraction of sp³-hybridized carbons (Fsp3) is 0.444. The Balaban J connectivity index is 1.51. The molecule has 0 saturated heterocycles. The van der Waals surface area contributed by atoms with Gasteiger partial charge in [-0.2, -0.15) is 9.97 Å². The summed E-state index contributed by atoms with van der Waals surface area (Å²) in [4.78, 5) is 23.9. The summed E-state index contributed by atoms with van der Waals surface area (Å²) in [5.74, 6) is 2.52. The van der Waals surface area contributed by atoms with Gasteiger partial charge in [0, 0.05) is 36.4 Å². The number of rotatable bonds is 11. The van der Waals surface area contributed by atoms with E-state index in [0.717, 1.165) is 24.3 Å². The highest BCUT2D eigenvalue weighted by Crippen LogP contribution is 2.28. The molecule has 1 fully saturated rings. The molecule has 1 aliphatic carbocycles. The summed E-state index contributed by atoms with van der Waals surface area (Å²) in [5.41, 5.74) is 1.10. The van der Waals surface area contributed by atoms with Crippen LogP contribution in [0, 0.1) is 5.92 Å². The molecule has 0 bridgehead atoms. The van der Waals surface area contributed by atoms with Crippen LogP contribution in [0.4, 0.5) is 11.8 Å². The second-order valence-electron chi connectivity index (χ2n) is 9.06. The highest BCUT2D eigenvalue weighted by Gasteiger charge is 2.25. The van der Waals surface area contributed by atoms with Crippen LogP contribution >= 0.6 is 11.8 Å². The summed E-state index contributed by atoms with van der Waals surface area (Å²) in [6.07, 6.45) is 12.9. The zero-order valence-corrected chi connectivity index (χ0v) is 21.5. The number of aromatic nitrogens is 3. The number of nitrogens with zero attached hydrogens (tertiary/aromatic N) is 3. The first-order valence-corrected chi connectivity index (χ1v) is 13.8. The highest BCUT2D eigenvalue weighted by atomic mass is 32.2. The molecule has 3 N–H and O–H groups in total. The van der Waals surface area contributed by atoms with Crippen molar-refractivity contribution >= 4 is 29.4 Å². The van der Waals surface area contributed by atoms with E-state index in [-0.39, 0.29) is 11.9 Å². The third kappa shape index (κ3) is 7.24. The molecule has 7 nitrogen and oxygen atoms in total. The number of benzene rings is 1. The zero-order chi connectivity index (χ0) is 24.5. The number of carbonyl (C=O) groups excluding carboxylic acids is 1. The van der Waals surface area contributed by atoms with Crippen molar-refractivity contribution in [3.05, 3.63) is 60.4 Å². The molecular weight excluding hydrogens is 456 g/mol. The van der Waals surface area contributed by atoms with E-state index >= 15 is 0 Å². The summed E-state index contributed by atoms with van der Waals surface area (Å²) in [7, 11) is 0. The first kappa shape index (κ1) is 25.1. The van der Waals surface area contributed by atoms with Gasteiger partial charge in [0.15, 0.2) is 0 Å². The molecular formula is C27H36N6OS. The third-order valence-corrected chi connectivity index (χ3v) is 7.22. The van der Waals surface area contributed by atoms with Gasteiger partial charge in [-0.25, -0.2) is 0 Å². The van der Waals surface area contributed by atoms with Crippen LogP contribution in [-0.4, -0.2) is 39.3 Å². The van der Waals surface area contributed by atoms with Crippen LogP contribution in [0.3, 0.4) is 0 Å². The van der Waals surface area contributed by atoms with Gasteiger partial charge in [0.1, 0.15) is 17.7 Å². The fourth-order valence-electron chi connectivity index (χ4n) is 4.59. The quantitative estimate of drug-likeness (QED) is 0.307. The molecule has 0 aliphatic heterocycles. The molecule has 1 amide bonds. The molecule has 3 aromatic rings. The number of hydrogen-bond donors (Lipinski definition) is 3. The maximum absolute atomic E-state index is 13.4. The fourth-order valence-corrected chi connectivity index (χ4v) is 5.00. The normalized spacial score (nSPS) is 14.9. The van der Waals surface area contributed by atoms with E-state index in [9.17, 15) is 4.79 Å². The maximum atomic E-state index is 13.4. The zero-order valence-electron chi connectivity index (χ0n) is 20.7. The summed E-state index contributed by atoms with van der Waals surface area (Å²) < 4.78 is 1.95. The van der Waals surface area contributed by atoms with E-state index < -0.39 is 0 Å². The van der Waals surface area contributed by atoms with Gasteiger partial charge in [0.05, 0.1) is 0 Å². The lowest BCUT2D eigenvalue weighted by Crippen LogP contribution is -2.41. The van der Waals surface area contributed by atoms with Crippen LogP contribution in [0.25, 0.3) is 5.82 Å². The van der Waals surface area contributed by atoms with Crippen molar-refractivity contribution in [1.82, 2.24) is 19.9 Å². The van der Waals surface area contributed by atoms with E-state index in [1.807, 2.05) is 42.1 Å². The van der Waals surface area contributed by atoms with E-state index in [0.29, 0.717) is 24.2 Å². The van der Waals surface area contributed by atoms with Gasteiger partial charge in [0.25, 0.3) is 0 Å². The van der Waals surface area contributed by atoms with Crippen LogP contribution in [0.15, 0.2) is 59.8 Å². The second-order valence-corrected chi connectivity index (χ2v) is 9.94. The van der Waals surface area contributed by atoms with E-state index in [4.69, 9.17) is 0 Å². The Morgan fingerprint density at radius 2 is 1.86 bits per heavy atom. The first-order chi connectivity index (χ1) is 17.1. The van der Waals surface area contributed by atoms with Crippen molar-refractivity contribution in [2.24, 2.45) is 5.92 Å². The summed E-state index contributed by atoms with van der Waals surface area (Å²) in [5, 5.41) is 9.83. The lowest BCUT2D eigenvalue weighted by molar-refractivity contribution is -0.122. The Labute approximate surface area is 212 Å². The second kappa shape index (κ2) is 12.6. The van der Waals surface area contributed by atoms with Gasteiger partial charge in [-0.05, 0) is 55.3 Å². The average Bonchev–Trinajstić information content (AvgIpc) is 3.43. The van der Waals surface area contributed by atoms with Crippen molar-refractivity contribution in [3.63, 3.8) is 0 Å². The molecule has 186 valence electrons. The van der Waals surface area contributed by atoms with Crippen LogP contribution in [0.5, 0.6) is 0 Å². The monoisotopic (exact) mass is 492 g/mol. The third-order valence-electron chi connectivity index (χ3n) is 6.47. The Bertz CT molecular complexity index is 1060. The SMILES string of the molecule is CCNc1nc(N[C@H](CC2CCCCC2)C(=O)NCc2ccc(SC)cc2)cc(-n2cccc2)n1. The van der Waals surface area contributed by atoms with Gasteiger partial charge >= 0.3 is 0 Å². The van der Waals surface area contributed by atoms with Gasteiger partial charge in [-0.15, -0.1) is 11.8 Å². The Morgan fingerprint density at radius 3 is 2.54 bits per heavy atom. The number of thioether (sulfide) groups is 1. The lowest BCUT2D eigenvalue weighted by atomic mass is 9.84. The predicted octanol–water partition coefficient (Wildman–Crippen LogP) is 5.49. The molecule has 1 saturated carbocycles. The molecule has 1 atom stereocenters. The molecule has 35 heavy (non-hydrogen) atoms. The highest BCUT2D eigenvalue weighted by molar-refractivity contribution is 7.98. The van der Waals surface area contributed by atoms with E-state index in [1.54, 1.807) is 11.8 Å². The van der Waals surface area contributed by atoms with Crippen molar-refractivity contribution in [3.8, 4) is 5.82 Å². The topological polar surface area (TPSA) is 83.9 Å². The van der Waals surface area contributed by atoms with Gasteiger partial charge in [0.2, 0.25) is 11.9 Å². The van der Waals surface area contributed by atoms with Crippen LogP contribution in [0.1, 0.15) is 51.0 Å². The van der Waals surface area contributed by atoms with Crippen molar-refractivity contribution in [1.29, 1.82) is 0 Å². The predicted molar refractivity (Wildman–Crippen MR) is 144 cm³/mol. The van der Waals surface area contributed by atoms with Gasteiger partial charge in [-0.3, -0.25) is 4.79 Å². The van der Waals surface area contributed by atoms with Crippen LogP contribution in [-0.2, 0) is 11.3 Å². The first-order valence-electron chi connectivity index (χ1n) is 12.6. The minimum absolute atomic E-state index is 0.00986. The Morgan fingerprint density at radius 1 is 1.11 bits per heavy atom. The largest absolute Gasteiger partial charge is 0.358 e. The van der Waals surface area contributed by atoms with Crippen LogP contribution < -0.4 is 16.0 Å². The van der Waals surface area contributed by atoms with Crippen molar-refractivity contribution < 1.29 is 4.79 Å². The lowest BCUT2D eigenvalue weighted by Gasteiger charge is -2.27. The maximum Gasteiger partial charge on any atom is 0.242 e. The Kier molecular flexibility index (Phi) is 9.06. The molecule has 0 spiro atoms. The smallest absolute Gasteiger partial charge is 0.242 e. The number of carbonyl (C=O) groups is 1. The number of anilines is 2. The minimum Gasteiger partial charge on any atom is -0.358 e. The molecule has 0 unspecified atom stereocenters. The van der Waals surface area contributed by atoms with Gasteiger partial charge in [-0.1, -0.05) is 44.2 Å². The molecule has 8 heteroatoms. The number of hydrogen-bond acceptors (Lipinski definition) is 6. The number of nitrogens with one attached hydrogen (secondary N) is 3. The van der Waals surface area contributed by atoms with E-state index in [2.05, 4.69) is 56.4 Å². The van der Waals surface area contributed by atoms with Crippen molar-refractivity contribution in [2.75, 3.05) is 23.4 Å². The molecule has 4 rings (SSSR count). The number of amides is 1. The van der Waals surface area contributed by atoms with Crippen molar-refractivity contribution in [2.45, 2.75) is 62.9 Å².